The summed E-state index contributed by atoms with van der Waals surface area (Å²) in [5.41, 5.74) is 0. The molecular formula is C28H44O2. The molecule has 0 atom stereocenters. The van der Waals surface area contributed by atoms with E-state index in [2.05, 4.69) is 50.2 Å². The van der Waals surface area contributed by atoms with Crippen LogP contribution in [0.2, 0.25) is 0 Å². The molecule has 2 heteroatoms. The average molecular weight is 413 g/mol. The van der Waals surface area contributed by atoms with Crippen molar-refractivity contribution in [1.29, 1.82) is 0 Å². The first-order valence-corrected chi connectivity index (χ1v) is 12.6. The maximum atomic E-state index is 5.99. The molecule has 0 bridgehead atoms. The smallest absolute Gasteiger partial charge is 0.119 e. The molecule has 0 amide bonds. The zero-order valence-corrected chi connectivity index (χ0v) is 19.6. The molecule has 0 unspecified atom stereocenters. The van der Waals surface area contributed by atoms with Crippen LogP contribution < -0.4 is 9.47 Å². The third-order valence-electron chi connectivity index (χ3n) is 5.82. The Balaban J connectivity index is 1.67. The van der Waals surface area contributed by atoms with E-state index in [1.165, 1.54) is 87.8 Å². The second-order valence-electron chi connectivity index (χ2n) is 8.61. The van der Waals surface area contributed by atoms with Gasteiger partial charge in [-0.1, -0.05) is 103 Å². The van der Waals surface area contributed by atoms with Crippen LogP contribution in [0.3, 0.4) is 0 Å². The molecule has 0 N–H and O–H groups in total. The van der Waals surface area contributed by atoms with Crippen LogP contribution in [-0.4, -0.2) is 13.2 Å². The number of rotatable bonds is 18. The second-order valence-corrected chi connectivity index (χ2v) is 8.61. The van der Waals surface area contributed by atoms with Crippen molar-refractivity contribution in [1.82, 2.24) is 0 Å². The average Bonchev–Trinajstić information content (AvgIpc) is 2.77. The van der Waals surface area contributed by atoms with Crippen LogP contribution in [0, 0.1) is 0 Å². The monoisotopic (exact) mass is 412 g/mol. The Kier molecular flexibility index (Phi) is 13.1. The number of unbranched alkanes of at least 4 members (excludes halogenated alkanes) is 12. The first kappa shape index (κ1) is 24.6. The lowest BCUT2D eigenvalue weighted by Gasteiger charge is -2.10. The molecule has 2 aromatic carbocycles. The molecule has 2 aromatic rings. The van der Waals surface area contributed by atoms with Crippen molar-refractivity contribution >= 4 is 10.8 Å². The Bertz CT molecular complexity index is 625. The maximum absolute atomic E-state index is 5.99. The highest BCUT2D eigenvalue weighted by Gasteiger charge is 2.01. The van der Waals surface area contributed by atoms with E-state index in [0.717, 1.165) is 37.6 Å². The van der Waals surface area contributed by atoms with Crippen LogP contribution in [-0.2, 0) is 0 Å². The summed E-state index contributed by atoms with van der Waals surface area (Å²) in [5, 5.41) is 2.44. The molecule has 0 aliphatic carbocycles. The van der Waals surface area contributed by atoms with Crippen molar-refractivity contribution in [3.8, 4) is 11.5 Å². The Morgan fingerprint density at radius 1 is 0.467 bits per heavy atom. The van der Waals surface area contributed by atoms with Crippen LogP contribution in [0.5, 0.6) is 11.5 Å². The molecule has 30 heavy (non-hydrogen) atoms. The van der Waals surface area contributed by atoms with Gasteiger partial charge in [-0.2, -0.15) is 0 Å². The minimum atomic E-state index is 0.813. The highest BCUT2D eigenvalue weighted by Crippen LogP contribution is 2.25. The van der Waals surface area contributed by atoms with E-state index in [-0.39, 0.29) is 0 Å². The van der Waals surface area contributed by atoms with Gasteiger partial charge < -0.3 is 9.47 Å². The highest BCUT2D eigenvalue weighted by atomic mass is 16.5. The third-order valence-corrected chi connectivity index (χ3v) is 5.82. The molecule has 0 spiro atoms. The van der Waals surface area contributed by atoms with Gasteiger partial charge in [0.25, 0.3) is 0 Å². The minimum absolute atomic E-state index is 0.813. The van der Waals surface area contributed by atoms with E-state index in [0.29, 0.717) is 0 Å². The minimum Gasteiger partial charge on any atom is -0.494 e. The lowest BCUT2D eigenvalue weighted by molar-refractivity contribution is 0.304. The zero-order chi connectivity index (χ0) is 21.3. The first-order valence-electron chi connectivity index (χ1n) is 12.6. The van der Waals surface area contributed by atoms with Gasteiger partial charge in [0.1, 0.15) is 11.5 Å². The van der Waals surface area contributed by atoms with Gasteiger partial charge in [0.15, 0.2) is 0 Å². The Labute approximate surface area is 185 Å². The summed E-state index contributed by atoms with van der Waals surface area (Å²) in [7, 11) is 0. The summed E-state index contributed by atoms with van der Waals surface area (Å²) in [4.78, 5) is 0. The van der Waals surface area contributed by atoms with Gasteiger partial charge in [-0.05, 0) is 47.9 Å². The van der Waals surface area contributed by atoms with E-state index >= 15 is 0 Å². The SMILES string of the molecule is CCCCCCCCCOc1ccc2ccc(OCCCCCCCCC)cc2c1. The van der Waals surface area contributed by atoms with Crippen LogP contribution in [0.25, 0.3) is 10.8 Å². The number of ether oxygens (including phenoxy) is 2. The number of benzene rings is 2. The summed E-state index contributed by atoms with van der Waals surface area (Å²) >= 11 is 0. The van der Waals surface area contributed by atoms with E-state index in [1.54, 1.807) is 0 Å². The van der Waals surface area contributed by atoms with Gasteiger partial charge in [0.05, 0.1) is 13.2 Å². The fourth-order valence-corrected chi connectivity index (χ4v) is 3.88. The standard InChI is InChI=1S/C28H44O2/c1-3-5-7-9-11-13-15-21-29-27-19-17-25-18-20-28(24-26(25)23-27)30-22-16-14-12-10-8-6-4-2/h17-20,23-24H,3-16,21-22H2,1-2H3. The lowest BCUT2D eigenvalue weighted by Crippen LogP contribution is -1.98. The molecule has 0 aliphatic heterocycles. The molecule has 0 saturated carbocycles. The van der Waals surface area contributed by atoms with Gasteiger partial charge in [0.2, 0.25) is 0 Å². The van der Waals surface area contributed by atoms with E-state index in [9.17, 15) is 0 Å². The van der Waals surface area contributed by atoms with E-state index in [1.807, 2.05) is 0 Å². The molecular weight excluding hydrogens is 368 g/mol. The third kappa shape index (κ3) is 10.4. The van der Waals surface area contributed by atoms with Crippen molar-refractivity contribution in [3.05, 3.63) is 36.4 Å². The van der Waals surface area contributed by atoms with Crippen molar-refractivity contribution in [2.24, 2.45) is 0 Å². The van der Waals surface area contributed by atoms with Gasteiger partial charge in [-0.25, -0.2) is 0 Å². The zero-order valence-electron chi connectivity index (χ0n) is 19.6. The van der Waals surface area contributed by atoms with Crippen molar-refractivity contribution in [2.45, 2.75) is 104 Å². The molecule has 0 heterocycles. The molecule has 0 aromatic heterocycles. The summed E-state index contributed by atoms with van der Waals surface area (Å²) in [6.07, 6.45) is 18.4. The largest absolute Gasteiger partial charge is 0.494 e. The molecule has 0 fully saturated rings. The van der Waals surface area contributed by atoms with Crippen molar-refractivity contribution in [3.63, 3.8) is 0 Å². The lowest BCUT2D eigenvalue weighted by atomic mass is 10.1. The Hall–Kier alpha value is -1.70. The van der Waals surface area contributed by atoms with Gasteiger partial charge in [-0.3, -0.25) is 0 Å². The van der Waals surface area contributed by atoms with Crippen LogP contribution in [0.4, 0.5) is 0 Å². The fraction of sp³-hybridized carbons (Fsp3) is 0.643. The molecule has 0 radical (unpaired) electrons. The summed E-state index contributed by atoms with van der Waals surface area (Å²) < 4.78 is 12.0. The van der Waals surface area contributed by atoms with Crippen LogP contribution in [0.15, 0.2) is 36.4 Å². The van der Waals surface area contributed by atoms with E-state index in [4.69, 9.17) is 9.47 Å². The van der Waals surface area contributed by atoms with Crippen LogP contribution >= 0.6 is 0 Å². The normalized spacial score (nSPS) is 11.1. The second kappa shape index (κ2) is 16.1. The van der Waals surface area contributed by atoms with Crippen LogP contribution in [0.1, 0.15) is 104 Å². The summed E-state index contributed by atoms with van der Waals surface area (Å²) in [6.45, 7) is 6.16. The highest BCUT2D eigenvalue weighted by molar-refractivity contribution is 5.85. The number of hydrogen-bond acceptors (Lipinski definition) is 2. The Morgan fingerprint density at radius 3 is 1.30 bits per heavy atom. The number of fused-ring (bicyclic) bond motifs is 1. The van der Waals surface area contributed by atoms with E-state index < -0.39 is 0 Å². The molecule has 2 nitrogen and oxygen atoms in total. The van der Waals surface area contributed by atoms with Gasteiger partial charge >= 0.3 is 0 Å². The molecule has 2 rings (SSSR count). The van der Waals surface area contributed by atoms with Crippen molar-refractivity contribution in [2.75, 3.05) is 13.2 Å². The molecule has 168 valence electrons. The topological polar surface area (TPSA) is 18.5 Å². The predicted molar refractivity (Wildman–Crippen MR) is 131 cm³/mol. The molecule has 0 saturated heterocycles. The summed E-state index contributed by atoms with van der Waals surface area (Å²) in [5.74, 6) is 1.94. The fourth-order valence-electron chi connectivity index (χ4n) is 3.88. The number of hydrogen-bond donors (Lipinski definition) is 0. The van der Waals surface area contributed by atoms with Gasteiger partial charge in [0, 0.05) is 0 Å². The van der Waals surface area contributed by atoms with Crippen molar-refractivity contribution < 1.29 is 9.47 Å². The van der Waals surface area contributed by atoms with Gasteiger partial charge in [-0.15, -0.1) is 0 Å². The Morgan fingerprint density at radius 2 is 0.867 bits per heavy atom. The molecule has 0 aliphatic rings. The summed E-state index contributed by atoms with van der Waals surface area (Å²) in [6, 6.07) is 12.8. The maximum Gasteiger partial charge on any atom is 0.119 e. The predicted octanol–water partition coefficient (Wildman–Crippen LogP) is 9.10. The quantitative estimate of drug-likeness (QED) is 0.227. The first-order chi connectivity index (χ1) is 14.8.